The maximum atomic E-state index is 12.9. The first-order valence-electron chi connectivity index (χ1n) is 11.2. The number of rotatable bonds is 5. The number of hydrogen-bond acceptors (Lipinski definition) is 4. The Labute approximate surface area is 190 Å². The Morgan fingerprint density at radius 2 is 1.59 bits per heavy atom. The summed E-state index contributed by atoms with van der Waals surface area (Å²) in [7, 11) is 0. The van der Waals surface area contributed by atoms with Gasteiger partial charge in [-0.25, -0.2) is 4.98 Å². The van der Waals surface area contributed by atoms with Crippen molar-refractivity contribution in [1.82, 2.24) is 9.88 Å². The van der Waals surface area contributed by atoms with Gasteiger partial charge < -0.3 is 14.5 Å². The quantitative estimate of drug-likeness (QED) is 0.578. The van der Waals surface area contributed by atoms with Crippen molar-refractivity contribution < 1.29 is 9.53 Å². The maximum absolute atomic E-state index is 12.9. The molecule has 3 aromatic rings. The van der Waals surface area contributed by atoms with Gasteiger partial charge in [0.1, 0.15) is 18.2 Å². The Hall–Kier alpha value is -3.34. The molecule has 1 aliphatic rings. The molecule has 0 N–H and O–H groups in total. The Bertz CT molecular complexity index is 1020. The highest BCUT2D eigenvalue weighted by Crippen LogP contribution is 2.24. The topological polar surface area (TPSA) is 45.7 Å². The molecule has 2 aromatic carbocycles. The van der Waals surface area contributed by atoms with Crippen molar-refractivity contribution in [2.45, 2.75) is 32.8 Å². The van der Waals surface area contributed by atoms with Crippen molar-refractivity contribution >= 4 is 11.7 Å². The van der Waals surface area contributed by atoms with E-state index in [1.54, 1.807) is 6.20 Å². The van der Waals surface area contributed by atoms with E-state index >= 15 is 0 Å². The lowest BCUT2D eigenvalue weighted by atomic mass is 9.87. The highest BCUT2D eigenvalue weighted by atomic mass is 16.5. The van der Waals surface area contributed by atoms with Crippen LogP contribution < -0.4 is 9.64 Å². The number of anilines is 1. The molecular formula is C27H31N3O2. The summed E-state index contributed by atoms with van der Waals surface area (Å²) in [6.07, 6.45) is 1.80. The molecule has 1 aromatic heterocycles. The van der Waals surface area contributed by atoms with E-state index in [1.807, 2.05) is 59.5 Å². The summed E-state index contributed by atoms with van der Waals surface area (Å²) < 4.78 is 5.92. The van der Waals surface area contributed by atoms with E-state index in [0.717, 1.165) is 35.8 Å². The third-order valence-electron chi connectivity index (χ3n) is 5.87. The summed E-state index contributed by atoms with van der Waals surface area (Å²) >= 11 is 0. The first-order valence-corrected chi connectivity index (χ1v) is 11.2. The minimum Gasteiger partial charge on any atom is -0.489 e. The van der Waals surface area contributed by atoms with Crippen LogP contribution in [-0.2, 0) is 12.0 Å². The second kappa shape index (κ2) is 9.43. The van der Waals surface area contributed by atoms with Crippen molar-refractivity contribution in [2.24, 2.45) is 0 Å². The van der Waals surface area contributed by atoms with Gasteiger partial charge in [-0.15, -0.1) is 0 Å². The summed E-state index contributed by atoms with van der Waals surface area (Å²) in [4.78, 5) is 21.5. The zero-order valence-electron chi connectivity index (χ0n) is 19.1. The summed E-state index contributed by atoms with van der Waals surface area (Å²) in [5, 5.41) is 0. The number of amides is 1. The molecule has 0 aliphatic carbocycles. The van der Waals surface area contributed by atoms with E-state index in [9.17, 15) is 4.79 Å². The molecule has 0 radical (unpaired) electrons. The van der Waals surface area contributed by atoms with Gasteiger partial charge >= 0.3 is 0 Å². The molecule has 1 amide bonds. The average molecular weight is 430 g/mol. The monoisotopic (exact) mass is 429 g/mol. The van der Waals surface area contributed by atoms with Crippen molar-refractivity contribution in [2.75, 3.05) is 31.1 Å². The molecule has 2 heterocycles. The molecule has 5 heteroatoms. The van der Waals surface area contributed by atoms with Gasteiger partial charge in [0, 0.05) is 37.9 Å². The SMILES string of the molecule is CC(C)(C)c1ccc(OCc2ccc(C(=O)N3CCN(c4ccccn4)CC3)cc2)cc1. The fourth-order valence-electron chi connectivity index (χ4n) is 3.82. The minimum absolute atomic E-state index is 0.0795. The number of aromatic nitrogens is 1. The number of carbonyl (C=O) groups is 1. The van der Waals surface area contributed by atoms with Gasteiger partial charge in [0.25, 0.3) is 5.91 Å². The van der Waals surface area contributed by atoms with Gasteiger partial charge in [0.15, 0.2) is 0 Å². The number of piperazine rings is 1. The Morgan fingerprint density at radius 1 is 0.906 bits per heavy atom. The number of benzene rings is 2. The molecule has 0 unspecified atom stereocenters. The second-order valence-corrected chi connectivity index (χ2v) is 9.23. The summed E-state index contributed by atoms with van der Waals surface area (Å²) in [6, 6.07) is 21.9. The van der Waals surface area contributed by atoms with Gasteiger partial charge in [0.05, 0.1) is 0 Å². The number of pyridine rings is 1. The standard InChI is InChI=1S/C27H31N3O2/c1-27(2,3)23-11-13-24(14-12-23)32-20-21-7-9-22(10-8-21)26(31)30-18-16-29(17-19-30)25-6-4-5-15-28-25/h4-15H,16-20H2,1-3H3. The predicted octanol–water partition coefficient (Wildman–Crippen LogP) is 4.92. The molecule has 0 saturated carbocycles. The molecular weight excluding hydrogens is 398 g/mol. The van der Waals surface area contributed by atoms with Crippen LogP contribution in [0.5, 0.6) is 5.75 Å². The lowest BCUT2D eigenvalue weighted by molar-refractivity contribution is 0.0746. The van der Waals surface area contributed by atoms with Crippen LogP contribution in [0.4, 0.5) is 5.82 Å². The normalized spacial score (nSPS) is 14.3. The summed E-state index contributed by atoms with van der Waals surface area (Å²) in [5.41, 5.74) is 3.18. The molecule has 0 atom stereocenters. The Morgan fingerprint density at radius 3 is 2.19 bits per heavy atom. The Balaban J connectivity index is 1.29. The summed E-state index contributed by atoms with van der Waals surface area (Å²) in [5.74, 6) is 1.90. The first-order chi connectivity index (χ1) is 15.4. The maximum Gasteiger partial charge on any atom is 0.253 e. The van der Waals surface area contributed by atoms with Crippen LogP contribution in [0.3, 0.4) is 0 Å². The number of nitrogens with zero attached hydrogens (tertiary/aromatic N) is 3. The van der Waals surface area contributed by atoms with Gasteiger partial charge in [-0.2, -0.15) is 0 Å². The van der Waals surface area contributed by atoms with Crippen LogP contribution >= 0.6 is 0 Å². The lowest BCUT2D eigenvalue weighted by Gasteiger charge is -2.35. The minimum atomic E-state index is 0.0795. The van der Waals surface area contributed by atoms with E-state index < -0.39 is 0 Å². The largest absolute Gasteiger partial charge is 0.489 e. The molecule has 5 nitrogen and oxygen atoms in total. The van der Waals surface area contributed by atoms with Gasteiger partial charge in [-0.3, -0.25) is 4.79 Å². The van der Waals surface area contributed by atoms with Crippen LogP contribution in [0.15, 0.2) is 72.9 Å². The third-order valence-corrected chi connectivity index (χ3v) is 5.87. The number of ether oxygens (including phenoxy) is 1. The molecule has 166 valence electrons. The zero-order valence-corrected chi connectivity index (χ0v) is 19.1. The number of hydrogen-bond donors (Lipinski definition) is 0. The van der Waals surface area contributed by atoms with Crippen molar-refractivity contribution in [3.05, 3.63) is 89.6 Å². The van der Waals surface area contributed by atoms with E-state index in [-0.39, 0.29) is 11.3 Å². The molecule has 0 spiro atoms. The smallest absolute Gasteiger partial charge is 0.253 e. The van der Waals surface area contributed by atoms with Crippen molar-refractivity contribution in [3.63, 3.8) is 0 Å². The molecule has 1 aliphatic heterocycles. The van der Waals surface area contributed by atoms with Gasteiger partial charge in [0.2, 0.25) is 0 Å². The summed E-state index contributed by atoms with van der Waals surface area (Å²) in [6.45, 7) is 10.1. The fourth-order valence-corrected chi connectivity index (χ4v) is 3.82. The first kappa shape index (κ1) is 21.9. The van der Waals surface area contributed by atoms with Crippen molar-refractivity contribution in [3.8, 4) is 5.75 Å². The van der Waals surface area contributed by atoms with Crippen LogP contribution in [0.2, 0.25) is 0 Å². The molecule has 32 heavy (non-hydrogen) atoms. The molecule has 1 saturated heterocycles. The van der Waals surface area contributed by atoms with E-state index in [4.69, 9.17) is 4.74 Å². The zero-order chi connectivity index (χ0) is 22.6. The van der Waals surface area contributed by atoms with Crippen LogP contribution in [0, 0.1) is 0 Å². The number of carbonyl (C=O) groups excluding carboxylic acids is 1. The second-order valence-electron chi connectivity index (χ2n) is 9.23. The molecule has 4 rings (SSSR count). The fraction of sp³-hybridized carbons (Fsp3) is 0.333. The van der Waals surface area contributed by atoms with Gasteiger partial charge in [-0.1, -0.05) is 51.1 Å². The van der Waals surface area contributed by atoms with E-state index in [0.29, 0.717) is 19.7 Å². The average Bonchev–Trinajstić information content (AvgIpc) is 2.83. The van der Waals surface area contributed by atoms with Crippen LogP contribution in [0.25, 0.3) is 0 Å². The molecule has 1 fully saturated rings. The highest BCUT2D eigenvalue weighted by molar-refractivity contribution is 5.94. The highest BCUT2D eigenvalue weighted by Gasteiger charge is 2.22. The predicted molar refractivity (Wildman–Crippen MR) is 128 cm³/mol. The van der Waals surface area contributed by atoms with Gasteiger partial charge in [-0.05, 0) is 52.9 Å². The third kappa shape index (κ3) is 5.28. The molecule has 0 bridgehead atoms. The Kier molecular flexibility index (Phi) is 6.45. The van der Waals surface area contributed by atoms with E-state index in [1.165, 1.54) is 5.56 Å². The van der Waals surface area contributed by atoms with Crippen molar-refractivity contribution in [1.29, 1.82) is 0 Å². The lowest BCUT2D eigenvalue weighted by Crippen LogP contribution is -2.49. The van der Waals surface area contributed by atoms with Crippen LogP contribution in [-0.4, -0.2) is 42.0 Å². The van der Waals surface area contributed by atoms with E-state index in [2.05, 4.69) is 42.8 Å². The van der Waals surface area contributed by atoms with Crippen LogP contribution in [0.1, 0.15) is 42.3 Å².